The van der Waals surface area contributed by atoms with E-state index in [1.807, 2.05) is 13.0 Å². The van der Waals surface area contributed by atoms with E-state index in [0.29, 0.717) is 23.8 Å². The highest BCUT2D eigenvalue weighted by Crippen LogP contribution is 2.14. The van der Waals surface area contributed by atoms with Gasteiger partial charge in [-0.1, -0.05) is 23.7 Å². The number of halogens is 2. The third-order valence-electron chi connectivity index (χ3n) is 3.74. The van der Waals surface area contributed by atoms with Crippen LogP contribution in [0.25, 0.3) is 0 Å². The molecule has 0 saturated heterocycles. The van der Waals surface area contributed by atoms with Gasteiger partial charge in [0.15, 0.2) is 0 Å². The fourth-order valence-electron chi connectivity index (χ4n) is 2.42. The summed E-state index contributed by atoms with van der Waals surface area (Å²) < 4.78 is 16.5. The minimum absolute atomic E-state index is 0.142. The highest BCUT2D eigenvalue weighted by Gasteiger charge is 2.08. The van der Waals surface area contributed by atoms with Crippen LogP contribution in [-0.2, 0) is 17.9 Å². The normalized spacial score (nSPS) is 10.8. The van der Waals surface area contributed by atoms with Crippen molar-refractivity contribution in [3.05, 3.63) is 65.0 Å². The zero-order valence-corrected chi connectivity index (χ0v) is 14.4. The number of carbonyl (C=O) groups is 1. The summed E-state index contributed by atoms with van der Waals surface area (Å²) in [5.74, 6) is -0.427. The fraction of sp³-hybridized carbons (Fsp3) is 0.235. The molecule has 130 valence electrons. The smallest absolute Gasteiger partial charge is 0.226 e. The number of nitrogens with zero attached hydrogens (tertiary/aromatic N) is 4. The zero-order valence-electron chi connectivity index (χ0n) is 13.6. The fourth-order valence-corrected chi connectivity index (χ4v) is 2.56. The van der Waals surface area contributed by atoms with Gasteiger partial charge in [0.25, 0.3) is 0 Å². The van der Waals surface area contributed by atoms with E-state index in [9.17, 15) is 9.18 Å². The Morgan fingerprint density at radius 3 is 2.88 bits per heavy atom. The lowest BCUT2D eigenvalue weighted by atomic mass is 10.2. The number of rotatable bonds is 6. The van der Waals surface area contributed by atoms with Gasteiger partial charge in [0.2, 0.25) is 5.91 Å². The molecule has 0 aliphatic rings. The second kappa shape index (κ2) is 7.48. The summed E-state index contributed by atoms with van der Waals surface area (Å²) in [6, 6.07) is 6.32. The molecule has 1 aromatic carbocycles. The number of anilines is 1. The van der Waals surface area contributed by atoms with Crippen LogP contribution in [0.2, 0.25) is 5.02 Å². The first-order valence-corrected chi connectivity index (χ1v) is 8.14. The number of hydrogen-bond acceptors (Lipinski definition) is 3. The summed E-state index contributed by atoms with van der Waals surface area (Å²) in [5, 5.41) is 11.7. The van der Waals surface area contributed by atoms with Crippen molar-refractivity contribution in [2.24, 2.45) is 0 Å². The number of carbonyl (C=O) groups excluding carboxylic acids is 1. The van der Waals surface area contributed by atoms with E-state index >= 15 is 0 Å². The monoisotopic (exact) mass is 361 g/mol. The Morgan fingerprint density at radius 1 is 1.32 bits per heavy atom. The SMILES string of the molecule is Cc1c(Cl)cnn1CCC(=O)Nc1cnn(Cc2cccc(F)c2)c1. The van der Waals surface area contributed by atoms with Crippen molar-refractivity contribution in [2.75, 3.05) is 5.32 Å². The number of nitrogens with one attached hydrogen (secondary N) is 1. The molecule has 8 heteroatoms. The molecule has 1 amide bonds. The molecule has 0 bridgehead atoms. The summed E-state index contributed by atoms with van der Waals surface area (Å²) in [6.07, 6.45) is 5.10. The molecule has 0 aliphatic heterocycles. The lowest BCUT2D eigenvalue weighted by Crippen LogP contribution is -2.15. The van der Waals surface area contributed by atoms with Gasteiger partial charge in [0.05, 0.1) is 41.9 Å². The number of aryl methyl sites for hydroxylation is 1. The van der Waals surface area contributed by atoms with Crippen molar-refractivity contribution in [1.82, 2.24) is 19.6 Å². The van der Waals surface area contributed by atoms with Gasteiger partial charge in [-0.15, -0.1) is 0 Å². The lowest BCUT2D eigenvalue weighted by molar-refractivity contribution is -0.116. The van der Waals surface area contributed by atoms with E-state index in [2.05, 4.69) is 15.5 Å². The molecule has 3 rings (SSSR count). The predicted octanol–water partition coefficient (Wildman–Crippen LogP) is 3.26. The molecule has 0 spiro atoms. The van der Waals surface area contributed by atoms with Crippen LogP contribution >= 0.6 is 11.6 Å². The van der Waals surface area contributed by atoms with Gasteiger partial charge in [-0.2, -0.15) is 10.2 Å². The largest absolute Gasteiger partial charge is 0.323 e. The van der Waals surface area contributed by atoms with Gasteiger partial charge in [-0.25, -0.2) is 4.39 Å². The van der Waals surface area contributed by atoms with Crippen LogP contribution in [0.5, 0.6) is 0 Å². The first-order chi connectivity index (χ1) is 12.0. The zero-order chi connectivity index (χ0) is 17.8. The van der Waals surface area contributed by atoms with Crippen LogP contribution in [0.3, 0.4) is 0 Å². The Hall–Kier alpha value is -2.67. The molecular formula is C17H17ClFN5O. The average Bonchev–Trinajstić information content (AvgIpc) is 3.13. The van der Waals surface area contributed by atoms with Gasteiger partial charge in [0, 0.05) is 12.6 Å². The molecule has 1 N–H and O–H groups in total. The second-order valence-corrected chi connectivity index (χ2v) is 6.06. The highest BCUT2D eigenvalue weighted by atomic mass is 35.5. The van der Waals surface area contributed by atoms with Crippen LogP contribution in [0.4, 0.5) is 10.1 Å². The molecule has 0 aliphatic carbocycles. The van der Waals surface area contributed by atoms with Gasteiger partial charge in [-0.05, 0) is 24.6 Å². The molecular weight excluding hydrogens is 345 g/mol. The second-order valence-electron chi connectivity index (χ2n) is 5.66. The maximum atomic E-state index is 13.2. The van der Waals surface area contributed by atoms with Crippen LogP contribution in [0, 0.1) is 12.7 Å². The summed E-state index contributed by atoms with van der Waals surface area (Å²) in [6.45, 7) is 2.73. The number of hydrogen-bond donors (Lipinski definition) is 1. The number of aromatic nitrogens is 4. The van der Waals surface area contributed by atoms with Crippen molar-refractivity contribution >= 4 is 23.2 Å². The van der Waals surface area contributed by atoms with Crippen LogP contribution in [0.1, 0.15) is 17.7 Å². The summed E-state index contributed by atoms with van der Waals surface area (Å²) in [5.41, 5.74) is 2.22. The predicted molar refractivity (Wildman–Crippen MR) is 92.9 cm³/mol. The molecule has 2 heterocycles. The van der Waals surface area contributed by atoms with E-state index < -0.39 is 0 Å². The summed E-state index contributed by atoms with van der Waals surface area (Å²) >= 11 is 5.94. The Morgan fingerprint density at radius 2 is 2.16 bits per heavy atom. The maximum absolute atomic E-state index is 13.2. The van der Waals surface area contributed by atoms with E-state index in [-0.39, 0.29) is 18.1 Å². The van der Waals surface area contributed by atoms with E-state index in [0.717, 1.165) is 11.3 Å². The van der Waals surface area contributed by atoms with Crippen molar-refractivity contribution in [2.45, 2.75) is 26.4 Å². The molecule has 0 saturated carbocycles. The van der Waals surface area contributed by atoms with Crippen molar-refractivity contribution in [1.29, 1.82) is 0 Å². The molecule has 25 heavy (non-hydrogen) atoms. The van der Waals surface area contributed by atoms with Gasteiger partial charge < -0.3 is 5.32 Å². The number of benzene rings is 1. The Balaban J connectivity index is 1.54. The van der Waals surface area contributed by atoms with Crippen molar-refractivity contribution < 1.29 is 9.18 Å². The molecule has 0 unspecified atom stereocenters. The Bertz CT molecular complexity index is 889. The first-order valence-electron chi connectivity index (χ1n) is 7.76. The van der Waals surface area contributed by atoms with Crippen LogP contribution in [0.15, 0.2) is 42.9 Å². The standard InChI is InChI=1S/C17H17ClFN5O/c1-12-16(18)9-21-24(12)6-5-17(25)22-15-8-20-23(11-15)10-13-3-2-4-14(19)7-13/h2-4,7-9,11H,5-6,10H2,1H3,(H,22,25). The third-order valence-corrected chi connectivity index (χ3v) is 4.12. The Kier molecular flexibility index (Phi) is 5.14. The molecule has 6 nitrogen and oxygen atoms in total. The third kappa shape index (κ3) is 4.45. The van der Waals surface area contributed by atoms with E-state index in [1.54, 1.807) is 34.0 Å². The molecule has 2 aromatic heterocycles. The van der Waals surface area contributed by atoms with E-state index in [1.165, 1.54) is 12.1 Å². The minimum atomic E-state index is -0.285. The minimum Gasteiger partial charge on any atom is -0.323 e. The number of amides is 1. The first kappa shape index (κ1) is 17.2. The molecule has 0 fully saturated rings. The molecule has 0 radical (unpaired) electrons. The summed E-state index contributed by atoms with van der Waals surface area (Å²) in [4.78, 5) is 12.0. The van der Waals surface area contributed by atoms with Gasteiger partial charge in [-0.3, -0.25) is 14.2 Å². The van der Waals surface area contributed by atoms with Crippen LogP contribution < -0.4 is 5.32 Å². The van der Waals surface area contributed by atoms with Crippen molar-refractivity contribution in [3.8, 4) is 0 Å². The lowest BCUT2D eigenvalue weighted by Gasteiger charge is -2.05. The average molecular weight is 362 g/mol. The summed E-state index contributed by atoms with van der Waals surface area (Å²) in [7, 11) is 0. The van der Waals surface area contributed by atoms with Gasteiger partial charge >= 0.3 is 0 Å². The van der Waals surface area contributed by atoms with Crippen LogP contribution in [-0.4, -0.2) is 25.5 Å². The quantitative estimate of drug-likeness (QED) is 0.733. The molecule has 0 atom stereocenters. The van der Waals surface area contributed by atoms with E-state index in [4.69, 9.17) is 11.6 Å². The maximum Gasteiger partial charge on any atom is 0.226 e. The van der Waals surface area contributed by atoms with Crippen molar-refractivity contribution in [3.63, 3.8) is 0 Å². The topological polar surface area (TPSA) is 64.7 Å². The molecule has 3 aromatic rings. The Labute approximate surface area is 149 Å². The van der Waals surface area contributed by atoms with Gasteiger partial charge in [0.1, 0.15) is 5.82 Å². The highest BCUT2D eigenvalue weighted by molar-refractivity contribution is 6.31.